The topological polar surface area (TPSA) is 61.9 Å². The van der Waals surface area contributed by atoms with Gasteiger partial charge in [0.25, 0.3) is 5.56 Å². The van der Waals surface area contributed by atoms with Crippen LogP contribution in [0.15, 0.2) is 77.6 Å². The summed E-state index contributed by atoms with van der Waals surface area (Å²) in [5, 5.41) is 15.3. The van der Waals surface area contributed by atoms with Crippen LogP contribution in [0.2, 0.25) is 0 Å². The molecule has 1 heterocycles. The predicted octanol–water partition coefficient (Wildman–Crippen LogP) is 4.33. The van der Waals surface area contributed by atoms with Crippen molar-refractivity contribution in [1.82, 2.24) is 14.7 Å². The molecule has 0 amide bonds. The molecule has 0 radical (unpaired) electrons. The number of hydrogen-bond donors (Lipinski definition) is 0. The zero-order valence-corrected chi connectivity index (χ0v) is 17.0. The monoisotopic (exact) mass is 394 g/mol. The van der Waals surface area contributed by atoms with Crippen LogP contribution >= 0.6 is 0 Å². The number of rotatable bonds is 5. The number of nitriles is 1. The van der Waals surface area contributed by atoms with Crippen molar-refractivity contribution in [2.24, 2.45) is 0 Å². The standard InChI is InChI=1S/C25H22N4O/c1-18-10-12-21(13-11-18)24-22-8-3-4-9-23(22)25(30)29(27-24)17-28(2)16-20-7-5-6-19(14-20)15-26/h3-14H,16-17H2,1-2H3. The number of nitrogens with zero attached hydrogens (tertiary/aromatic N) is 4. The van der Waals surface area contributed by atoms with Crippen LogP contribution in [0.25, 0.3) is 22.0 Å². The summed E-state index contributed by atoms with van der Waals surface area (Å²) >= 11 is 0. The normalized spacial score (nSPS) is 11.0. The molecule has 0 aliphatic carbocycles. The number of aromatic nitrogens is 2. The fraction of sp³-hybridized carbons (Fsp3) is 0.160. The average molecular weight is 394 g/mol. The molecule has 0 unspecified atom stereocenters. The molecule has 5 nitrogen and oxygen atoms in total. The second-order valence-electron chi connectivity index (χ2n) is 7.53. The fourth-order valence-corrected chi connectivity index (χ4v) is 3.59. The van der Waals surface area contributed by atoms with E-state index in [2.05, 4.69) is 18.2 Å². The van der Waals surface area contributed by atoms with E-state index in [9.17, 15) is 4.79 Å². The minimum Gasteiger partial charge on any atom is -0.283 e. The van der Waals surface area contributed by atoms with Crippen molar-refractivity contribution >= 4 is 10.8 Å². The molecule has 0 aliphatic rings. The first-order chi connectivity index (χ1) is 14.5. The maximum absolute atomic E-state index is 13.1. The average Bonchev–Trinajstić information content (AvgIpc) is 2.76. The third-order valence-corrected chi connectivity index (χ3v) is 5.08. The Hall–Kier alpha value is -3.75. The molecule has 0 fully saturated rings. The zero-order chi connectivity index (χ0) is 21.1. The van der Waals surface area contributed by atoms with Crippen molar-refractivity contribution < 1.29 is 0 Å². The quantitative estimate of drug-likeness (QED) is 0.505. The Labute approximate surface area is 175 Å². The van der Waals surface area contributed by atoms with E-state index in [1.165, 1.54) is 10.2 Å². The van der Waals surface area contributed by atoms with E-state index in [4.69, 9.17) is 10.4 Å². The second-order valence-corrected chi connectivity index (χ2v) is 7.53. The SMILES string of the molecule is Cc1ccc(-c2nn(CN(C)Cc3cccc(C#N)c3)c(=O)c3ccccc23)cc1. The van der Waals surface area contributed by atoms with Gasteiger partial charge in [-0.15, -0.1) is 0 Å². The van der Waals surface area contributed by atoms with Gasteiger partial charge in [0.05, 0.1) is 29.4 Å². The van der Waals surface area contributed by atoms with Gasteiger partial charge in [0.1, 0.15) is 0 Å². The maximum atomic E-state index is 13.1. The minimum absolute atomic E-state index is 0.112. The first-order valence-electron chi connectivity index (χ1n) is 9.79. The lowest BCUT2D eigenvalue weighted by Gasteiger charge is -2.19. The first-order valence-corrected chi connectivity index (χ1v) is 9.79. The molecule has 4 rings (SSSR count). The molecule has 0 bridgehead atoms. The van der Waals surface area contributed by atoms with Crippen LogP contribution in [0.1, 0.15) is 16.7 Å². The Balaban J connectivity index is 1.72. The lowest BCUT2D eigenvalue weighted by molar-refractivity contribution is 0.241. The highest BCUT2D eigenvalue weighted by molar-refractivity contribution is 5.93. The van der Waals surface area contributed by atoms with Gasteiger partial charge in [-0.3, -0.25) is 9.69 Å². The van der Waals surface area contributed by atoms with Crippen molar-refractivity contribution in [2.45, 2.75) is 20.1 Å². The van der Waals surface area contributed by atoms with E-state index >= 15 is 0 Å². The van der Waals surface area contributed by atoms with Crippen molar-refractivity contribution in [3.8, 4) is 17.3 Å². The summed E-state index contributed by atoms with van der Waals surface area (Å²) in [6, 6.07) is 25.4. The summed E-state index contributed by atoms with van der Waals surface area (Å²) in [7, 11) is 1.94. The van der Waals surface area contributed by atoms with Gasteiger partial charge >= 0.3 is 0 Å². The highest BCUT2D eigenvalue weighted by atomic mass is 16.1. The highest BCUT2D eigenvalue weighted by Gasteiger charge is 2.13. The molecule has 0 saturated carbocycles. The Bertz CT molecular complexity index is 1300. The Kier molecular flexibility index (Phi) is 5.42. The molecule has 0 spiro atoms. The Morgan fingerprint density at radius 3 is 2.47 bits per heavy atom. The van der Waals surface area contributed by atoms with Gasteiger partial charge in [-0.1, -0.05) is 60.2 Å². The minimum atomic E-state index is -0.112. The summed E-state index contributed by atoms with van der Waals surface area (Å²) in [6.45, 7) is 3.00. The number of aryl methyl sites for hydroxylation is 1. The maximum Gasteiger partial charge on any atom is 0.275 e. The summed E-state index contributed by atoms with van der Waals surface area (Å²) in [5.74, 6) is 0. The van der Waals surface area contributed by atoms with E-state index in [1.54, 1.807) is 6.07 Å². The summed E-state index contributed by atoms with van der Waals surface area (Å²) in [4.78, 5) is 15.1. The van der Waals surface area contributed by atoms with Gasteiger partial charge in [0.2, 0.25) is 0 Å². The van der Waals surface area contributed by atoms with E-state index in [-0.39, 0.29) is 5.56 Å². The van der Waals surface area contributed by atoms with Crippen LogP contribution in [0.4, 0.5) is 0 Å². The second kappa shape index (κ2) is 8.32. The molecule has 3 aromatic carbocycles. The van der Waals surface area contributed by atoms with Gasteiger partial charge in [-0.25, -0.2) is 4.68 Å². The van der Waals surface area contributed by atoms with E-state index in [1.807, 2.05) is 73.5 Å². The number of benzene rings is 3. The van der Waals surface area contributed by atoms with Crippen molar-refractivity contribution in [2.75, 3.05) is 7.05 Å². The van der Waals surface area contributed by atoms with Gasteiger partial charge in [-0.05, 0) is 37.7 Å². The largest absolute Gasteiger partial charge is 0.283 e. The number of hydrogen-bond acceptors (Lipinski definition) is 4. The van der Waals surface area contributed by atoms with Crippen molar-refractivity contribution in [3.05, 3.63) is 99.8 Å². The molecule has 0 atom stereocenters. The van der Waals surface area contributed by atoms with Crippen LogP contribution in [-0.4, -0.2) is 21.7 Å². The lowest BCUT2D eigenvalue weighted by Crippen LogP contribution is -2.32. The third-order valence-electron chi connectivity index (χ3n) is 5.08. The van der Waals surface area contributed by atoms with E-state index in [0.717, 1.165) is 22.2 Å². The van der Waals surface area contributed by atoms with Gasteiger partial charge in [0, 0.05) is 17.5 Å². The lowest BCUT2D eigenvalue weighted by atomic mass is 10.0. The molecule has 1 aromatic heterocycles. The molecule has 30 heavy (non-hydrogen) atoms. The van der Waals surface area contributed by atoms with Crippen LogP contribution < -0.4 is 5.56 Å². The third kappa shape index (κ3) is 4.00. The van der Waals surface area contributed by atoms with Crippen LogP contribution in [0.5, 0.6) is 0 Å². The fourth-order valence-electron chi connectivity index (χ4n) is 3.59. The molecule has 0 N–H and O–H groups in total. The van der Waals surface area contributed by atoms with Gasteiger partial charge in [0.15, 0.2) is 0 Å². The van der Waals surface area contributed by atoms with E-state index in [0.29, 0.717) is 24.2 Å². The summed E-state index contributed by atoms with van der Waals surface area (Å²) in [5.41, 5.74) is 4.49. The van der Waals surface area contributed by atoms with Gasteiger partial charge < -0.3 is 0 Å². The van der Waals surface area contributed by atoms with Crippen molar-refractivity contribution in [3.63, 3.8) is 0 Å². The van der Waals surface area contributed by atoms with Crippen LogP contribution in [-0.2, 0) is 13.2 Å². The summed E-state index contributed by atoms with van der Waals surface area (Å²) in [6.07, 6.45) is 0. The molecule has 0 aliphatic heterocycles. The molecule has 5 heteroatoms. The van der Waals surface area contributed by atoms with E-state index < -0.39 is 0 Å². The Morgan fingerprint density at radius 2 is 1.73 bits per heavy atom. The highest BCUT2D eigenvalue weighted by Crippen LogP contribution is 2.25. The molecular weight excluding hydrogens is 372 g/mol. The Morgan fingerprint density at radius 1 is 1.00 bits per heavy atom. The molecule has 0 saturated heterocycles. The van der Waals surface area contributed by atoms with Gasteiger partial charge in [-0.2, -0.15) is 10.4 Å². The molecule has 4 aromatic rings. The van der Waals surface area contributed by atoms with Crippen LogP contribution in [0.3, 0.4) is 0 Å². The summed E-state index contributed by atoms with van der Waals surface area (Å²) < 4.78 is 1.52. The van der Waals surface area contributed by atoms with Crippen molar-refractivity contribution in [1.29, 1.82) is 5.26 Å². The molecule has 148 valence electrons. The smallest absolute Gasteiger partial charge is 0.275 e. The number of fused-ring (bicyclic) bond motifs is 1. The first kappa shape index (κ1) is 19.6. The molecular formula is C25H22N4O. The zero-order valence-electron chi connectivity index (χ0n) is 17.0. The van der Waals surface area contributed by atoms with Crippen LogP contribution in [0, 0.1) is 18.3 Å². The predicted molar refractivity (Wildman–Crippen MR) is 119 cm³/mol.